The summed E-state index contributed by atoms with van der Waals surface area (Å²) in [7, 11) is 0. The van der Waals surface area contributed by atoms with Crippen LogP contribution in [0.5, 0.6) is 5.75 Å². The van der Waals surface area contributed by atoms with Crippen LogP contribution in [0.3, 0.4) is 0 Å². The van der Waals surface area contributed by atoms with Crippen LogP contribution in [0.15, 0.2) is 23.2 Å². The van der Waals surface area contributed by atoms with Gasteiger partial charge in [0.05, 0.1) is 11.4 Å². The van der Waals surface area contributed by atoms with Gasteiger partial charge in [-0.2, -0.15) is 0 Å². The molecule has 0 spiro atoms. The second-order valence-corrected chi connectivity index (χ2v) is 7.94. The predicted molar refractivity (Wildman–Crippen MR) is 97.4 cm³/mol. The van der Waals surface area contributed by atoms with Gasteiger partial charge in [0.15, 0.2) is 6.61 Å². The van der Waals surface area contributed by atoms with E-state index >= 15 is 0 Å². The van der Waals surface area contributed by atoms with Crippen molar-refractivity contribution in [3.05, 3.63) is 29.0 Å². The van der Waals surface area contributed by atoms with Crippen molar-refractivity contribution in [2.24, 2.45) is 4.99 Å². The summed E-state index contributed by atoms with van der Waals surface area (Å²) < 4.78 is 18.7. The minimum absolute atomic E-state index is 0.00345. The smallest absolute Gasteiger partial charge is 0.258 e. The largest absolute Gasteiger partial charge is 0.484 e. The molecule has 2 amide bonds. The third kappa shape index (κ3) is 3.58. The highest BCUT2D eigenvalue weighted by molar-refractivity contribution is 6.30. The Morgan fingerprint density at radius 3 is 2.70 bits per heavy atom. The van der Waals surface area contributed by atoms with Crippen molar-refractivity contribution in [1.29, 1.82) is 0 Å². The SMILES string of the molecule is O=C(COc1ccc(Cl)c(F)c1)NC12CC(NC(=O)C3CCN=CN3)(C1)C2. The fourth-order valence-electron chi connectivity index (χ4n) is 4.15. The minimum Gasteiger partial charge on any atom is -0.484 e. The number of hydrogen-bond acceptors (Lipinski definition) is 5. The maximum atomic E-state index is 13.4. The summed E-state index contributed by atoms with van der Waals surface area (Å²) in [4.78, 5) is 28.4. The molecule has 0 aromatic heterocycles. The lowest BCUT2D eigenvalue weighted by molar-refractivity contribution is -0.151. The molecule has 2 bridgehead atoms. The average molecular weight is 395 g/mol. The van der Waals surface area contributed by atoms with Crippen molar-refractivity contribution in [3.8, 4) is 5.75 Å². The van der Waals surface area contributed by atoms with Crippen LogP contribution in [-0.2, 0) is 9.59 Å². The molecule has 9 heteroatoms. The topological polar surface area (TPSA) is 91.8 Å². The van der Waals surface area contributed by atoms with E-state index in [4.69, 9.17) is 16.3 Å². The van der Waals surface area contributed by atoms with Gasteiger partial charge in [0, 0.05) is 23.7 Å². The summed E-state index contributed by atoms with van der Waals surface area (Å²) in [6.07, 6.45) is 4.41. The molecule has 27 heavy (non-hydrogen) atoms. The number of ether oxygens (including phenoxy) is 1. The van der Waals surface area contributed by atoms with Gasteiger partial charge in [-0.25, -0.2) is 4.39 Å². The van der Waals surface area contributed by atoms with E-state index in [9.17, 15) is 14.0 Å². The van der Waals surface area contributed by atoms with E-state index in [0.717, 1.165) is 6.07 Å². The molecule has 3 N–H and O–H groups in total. The number of nitrogens with zero attached hydrogens (tertiary/aromatic N) is 1. The van der Waals surface area contributed by atoms with Crippen molar-refractivity contribution >= 4 is 29.8 Å². The average Bonchev–Trinajstić information content (AvgIpc) is 2.60. The van der Waals surface area contributed by atoms with Crippen molar-refractivity contribution < 1.29 is 18.7 Å². The van der Waals surface area contributed by atoms with Crippen molar-refractivity contribution in [1.82, 2.24) is 16.0 Å². The first-order valence-electron chi connectivity index (χ1n) is 8.84. The Bertz CT molecular complexity index is 796. The molecule has 0 radical (unpaired) electrons. The molecule has 4 aliphatic rings. The summed E-state index contributed by atoms with van der Waals surface area (Å²) in [5.41, 5.74) is -0.471. The van der Waals surface area contributed by atoms with Crippen molar-refractivity contribution in [3.63, 3.8) is 0 Å². The first-order valence-corrected chi connectivity index (χ1v) is 9.22. The molecule has 1 aliphatic heterocycles. The maximum Gasteiger partial charge on any atom is 0.258 e. The second kappa shape index (κ2) is 6.67. The maximum absolute atomic E-state index is 13.4. The molecule has 144 valence electrons. The van der Waals surface area contributed by atoms with Crippen LogP contribution in [0.4, 0.5) is 4.39 Å². The molecule has 7 nitrogen and oxygen atoms in total. The van der Waals surface area contributed by atoms with Gasteiger partial charge in [-0.15, -0.1) is 0 Å². The molecule has 3 saturated carbocycles. The predicted octanol–water partition coefficient (Wildman–Crippen LogP) is 1.16. The van der Waals surface area contributed by atoms with Gasteiger partial charge in [0.2, 0.25) is 5.91 Å². The first-order chi connectivity index (χ1) is 12.9. The molecule has 1 unspecified atom stereocenters. The van der Waals surface area contributed by atoms with E-state index in [-0.39, 0.29) is 46.3 Å². The normalized spacial score (nSPS) is 30.4. The first kappa shape index (κ1) is 18.0. The van der Waals surface area contributed by atoms with E-state index in [2.05, 4.69) is 20.9 Å². The molecule has 1 heterocycles. The second-order valence-electron chi connectivity index (χ2n) is 7.54. The number of hydrogen-bond donors (Lipinski definition) is 3. The van der Waals surface area contributed by atoms with E-state index in [0.29, 0.717) is 32.2 Å². The monoisotopic (exact) mass is 394 g/mol. The third-order valence-electron chi connectivity index (χ3n) is 5.31. The number of amides is 2. The van der Waals surface area contributed by atoms with Crippen LogP contribution in [0.1, 0.15) is 25.7 Å². The van der Waals surface area contributed by atoms with E-state index in [1.165, 1.54) is 12.1 Å². The van der Waals surface area contributed by atoms with Gasteiger partial charge in [-0.05, 0) is 37.8 Å². The summed E-state index contributed by atoms with van der Waals surface area (Å²) in [5, 5.41) is 9.02. The quantitative estimate of drug-likeness (QED) is 0.675. The fourth-order valence-corrected chi connectivity index (χ4v) is 4.27. The van der Waals surface area contributed by atoms with Gasteiger partial charge < -0.3 is 20.7 Å². The molecule has 1 atom stereocenters. The molecular formula is C18H20ClFN4O3. The lowest BCUT2D eigenvalue weighted by atomic mass is 9.44. The number of halogens is 2. The number of carbonyl (C=O) groups is 2. The Morgan fingerprint density at radius 1 is 1.30 bits per heavy atom. The molecule has 5 rings (SSSR count). The number of carbonyl (C=O) groups excluding carboxylic acids is 2. The van der Waals surface area contributed by atoms with Crippen LogP contribution in [0, 0.1) is 5.82 Å². The molecule has 3 fully saturated rings. The fraction of sp³-hybridized carbons (Fsp3) is 0.500. The van der Waals surface area contributed by atoms with Gasteiger partial charge in [0.1, 0.15) is 17.6 Å². The zero-order valence-corrected chi connectivity index (χ0v) is 15.3. The summed E-state index contributed by atoms with van der Waals surface area (Å²) in [6.45, 7) is 0.448. The van der Waals surface area contributed by atoms with Gasteiger partial charge >= 0.3 is 0 Å². The van der Waals surface area contributed by atoms with Crippen molar-refractivity contribution in [2.75, 3.05) is 13.2 Å². The zero-order valence-electron chi connectivity index (χ0n) is 14.6. The van der Waals surface area contributed by atoms with Gasteiger partial charge in [-0.3, -0.25) is 14.6 Å². The Labute approximate surface area is 160 Å². The zero-order chi connectivity index (χ0) is 19.1. The number of nitrogens with one attached hydrogen (secondary N) is 3. The Kier molecular flexibility index (Phi) is 4.46. The van der Waals surface area contributed by atoms with E-state index in [1.807, 2.05) is 0 Å². The Hall–Kier alpha value is -2.35. The lowest BCUT2D eigenvalue weighted by Gasteiger charge is -2.70. The van der Waals surface area contributed by atoms with Crippen molar-refractivity contribution in [2.45, 2.75) is 42.8 Å². The molecule has 3 aliphatic carbocycles. The summed E-state index contributed by atoms with van der Waals surface area (Å²) >= 11 is 5.61. The van der Waals surface area contributed by atoms with Gasteiger partial charge in [0.25, 0.3) is 5.91 Å². The van der Waals surface area contributed by atoms with Crippen LogP contribution in [0.25, 0.3) is 0 Å². The van der Waals surface area contributed by atoms with Crippen LogP contribution >= 0.6 is 11.6 Å². The minimum atomic E-state index is -0.592. The Balaban J connectivity index is 1.21. The number of aliphatic imine (C=N–C) groups is 1. The third-order valence-corrected chi connectivity index (χ3v) is 5.62. The molecule has 1 aromatic carbocycles. The highest BCUT2D eigenvalue weighted by Gasteiger charge is 2.69. The van der Waals surface area contributed by atoms with Crippen LogP contribution in [0.2, 0.25) is 5.02 Å². The molecule has 1 aromatic rings. The molecule has 0 saturated heterocycles. The van der Waals surface area contributed by atoms with Crippen LogP contribution < -0.4 is 20.7 Å². The molecular weight excluding hydrogens is 375 g/mol. The Morgan fingerprint density at radius 2 is 2.04 bits per heavy atom. The van der Waals surface area contributed by atoms with E-state index in [1.54, 1.807) is 6.34 Å². The van der Waals surface area contributed by atoms with Gasteiger partial charge in [-0.1, -0.05) is 11.6 Å². The highest BCUT2D eigenvalue weighted by atomic mass is 35.5. The number of rotatable bonds is 6. The van der Waals surface area contributed by atoms with Crippen LogP contribution in [-0.4, -0.2) is 48.4 Å². The standard InChI is InChI=1S/C18H20ClFN4O3/c19-12-2-1-11(5-13(12)20)27-6-15(25)23-17-7-18(8-17,9-17)24-16(26)14-3-4-21-10-22-14/h1-2,5,10,14H,3-4,6-9H2,(H,21,22)(H,23,25)(H,24,26). The number of benzene rings is 1. The van der Waals surface area contributed by atoms with E-state index < -0.39 is 5.82 Å². The summed E-state index contributed by atoms with van der Waals surface area (Å²) in [6, 6.07) is 3.79. The highest BCUT2D eigenvalue weighted by Crippen LogP contribution is 2.60. The summed E-state index contributed by atoms with van der Waals surface area (Å²) in [5.74, 6) is -0.633. The lowest BCUT2D eigenvalue weighted by Crippen LogP contribution is -2.84.